The number of carbonyl (C=O) groups excluding carboxylic acids is 1. The lowest BCUT2D eigenvalue weighted by Crippen LogP contribution is -2.56. The van der Waals surface area contributed by atoms with Crippen LogP contribution in [-0.2, 0) is 6.54 Å². The van der Waals surface area contributed by atoms with Crippen molar-refractivity contribution < 1.29 is 9.53 Å². The van der Waals surface area contributed by atoms with Crippen molar-refractivity contribution in [2.75, 3.05) is 13.1 Å². The Labute approximate surface area is 157 Å². The number of aryl methyl sites for hydroxylation is 2. The van der Waals surface area contributed by atoms with E-state index in [4.69, 9.17) is 4.74 Å². The molecule has 2 aromatic carbocycles. The van der Waals surface area contributed by atoms with Gasteiger partial charge in [0.25, 0.3) is 5.91 Å². The van der Waals surface area contributed by atoms with E-state index in [1.807, 2.05) is 61.2 Å². The molecule has 7 nitrogen and oxygen atoms in total. The second-order valence-corrected chi connectivity index (χ2v) is 6.88. The van der Waals surface area contributed by atoms with Crippen molar-refractivity contribution in [1.29, 1.82) is 0 Å². The van der Waals surface area contributed by atoms with Crippen LogP contribution in [0.25, 0.3) is 0 Å². The molecule has 1 aromatic heterocycles. The van der Waals surface area contributed by atoms with E-state index >= 15 is 0 Å². The van der Waals surface area contributed by atoms with Crippen molar-refractivity contribution in [2.24, 2.45) is 0 Å². The molecule has 1 fully saturated rings. The van der Waals surface area contributed by atoms with Gasteiger partial charge in [-0.2, -0.15) is 0 Å². The van der Waals surface area contributed by atoms with Gasteiger partial charge in [0.2, 0.25) is 0 Å². The topological polar surface area (TPSA) is 73.1 Å². The lowest BCUT2D eigenvalue weighted by molar-refractivity contribution is 0.0173. The van der Waals surface area contributed by atoms with Crippen molar-refractivity contribution in [3.05, 3.63) is 71.0 Å². The molecule has 2 heterocycles. The third-order valence-corrected chi connectivity index (χ3v) is 4.77. The summed E-state index contributed by atoms with van der Waals surface area (Å²) in [7, 11) is 0. The molecule has 0 N–H and O–H groups in total. The molecule has 0 radical (unpaired) electrons. The van der Waals surface area contributed by atoms with Crippen LogP contribution in [0.3, 0.4) is 0 Å². The number of carbonyl (C=O) groups is 1. The van der Waals surface area contributed by atoms with E-state index in [-0.39, 0.29) is 12.0 Å². The fourth-order valence-corrected chi connectivity index (χ4v) is 3.21. The Morgan fingerprint density at radius 3 is 2.44 bits per heavy atom. The van der Waals surface area contributed by atoms with Crippen molar-refractivity contribution >= 4 is 5.91 Å². The summed E-state index contributed by atoms with van der Waals surface area (Å²) in [6.45, 7) is 5.89. The molecule has 0 atom stereocenters. The van der Waals surface area contributed by atoms with Crippen molar-refractivity contribution in [1.82, 2.24) is 25.1 Å². The molecule has 0 bridgehead atoms. The predicted octanol–water partition coefficient (Wildman–Crippen LogP) is 2.24. The van der Waals surface area contributed by atoms with E-state index in [2.05, 4.69) is 15.5 Å². The highest BCUT2D eigenvalue weighted by atomic mass is 16.5. The minimum absolute atomic E-state index is 0.0327. The van der Waals surface area contributed by atoms with Crippen LogP contribution in [0.2, 0.25) is 0 Å². The first-order valence-electron chi connectivity index (χ1n) is 8.92. The molecule has 138 valence electrons. The number of aromatic nitrogens is 4. The van der Waals surface area contributed by atoms with Gasteiger partial charge in [0, 0.05) is 5.56 Å². The summed E-state index contributed by atoms with van der Waals surface area (Å²) in [5.74, 6) is 0.965. The number of nitrogens with zero attached hydrogens (tertiary/aromatic N) is 5. The maximum Gasteiger partial charge on any atom is 0.254 e. The summed E-state index contributed by atoms with van der Waals surface area (Å²) in [5.41, 5.74) is 3.97. The molecule has 4 rings (SSSR count). The molecule has 1 saturated heterocycles. The molecular formula is C20H21N5O2. The van der Waals surface area contributed by atoms with E-state index < -0.39 is 0 Å². The molecule has 0 unspecified atom stereocenters. The van der Waals surface area contributed by atoms with Crippen LogP contribution in [-0.4, -0.2) is 50.2 Å². The van der Waals surface area contributed by atoms with Crippen LogP contribution in [0.15, 0.2) is 48.8 Å². The molecule has 1 aliphatic rings. The van der Waals surface area contributed by atoms with Gasteiger partial charge < -0.3 is 9.64 Å². The number of hydrogen-bond donors (Lipinski definition) is 0. The minimum Gasteiger partial charge on any atom is -0.486 e. The fourth-order valence-electron chi connectivity index (χ4n) is 3.21. The Morgan fingerprint density at radius 2 is 1.81 bits per heavy atom. The summed E-state index contributed by atoms with van der Waals surface area (Å²) < 4.78 is 7.73. The van der Waals surface area contributed by atoms with Gasteiger partial charge in [-0.15, -0.1) is 5.10 Å². The van der Waals surface area contributed by atoms with Gasteiger partial charge in [-0.1, -0.05) is 30.3 Å². The second-order valence-electron chi connectivity index (χ2n) is 6.88. The van der Waals surface area contributed by atoms with Crippen LogP contribution in [0, 0.1) is 13.8 Å². The third kappa shape index (κ3) is 3.67. The molecule has 27 heavy (non-hydrogen) atoms. The SMILES string of the molecule is Cc1cccc(C)c1OC1CN(C(=O)c2ccc(Cn3cnnn3)cc2)C1. The first-order chi connectivity index (χ1) is 13.1. The largest absolute Gasteiger partial charge is 0.486 e. The van der Waals surface area contributed by atoms with E-state index in [1.54, 1.807) is 11.0 Å². The summed E-state index contributed by atoms with van der Waals surface area (Å²) in [6.07, 6.45) is 1.61. The first kappa shape index (κ1) is 17.2. The Morgan fingerprint density at radius 1 is 1.11 bits per heavy atom. The second kappa shape index (κ2) is 7.19. The van der Waals surface area contributed by atoms with Crippen LogP contribution in [0.4, 0.5) is 0 Å². The number of para-hydroxylation sites is 1. The zero-order valence-corrected chi connectivity index (χ0v) is 15.4. The van der Waals surface area contributed by atoms with Gasteiger partial charge in [-0.25, -0.2) is 4.68 Å². The first-order valence-corrected chi connectivity index (χ1v) is 8.92. The van der Waals surface area contributed by atoms with Crippen LogP contribution >= 0.6 is 0 Å². The zero-order chi connectivity index (χ0) is 18.8. The Bertz CT molecular complexity index is 911. The van der Waals surface area contributed by atoms with Gasteiger partial charge in [-0.05, 0) is 53.1 Å². The number of tetrazole rings is 1. The summed E-state index contributed by atoms with van der Waals surface area (Å²) in [6, 6.07) is 13.7. The van der Waals surface area contributed by atoms with Gasteiger partial charge in [-0.3, -0.25) is 4.79 Å². The Balaban J connectivity index is 1.33. The Kier molecular flexibility index (Phi) is 4.58. The number of rotatable bonds is 5. The van der Waals surface area contributed by atoms with Gasteiger partial charge >= 0.3 is 0 Å². The van der Waals surface area contributed by atoms with E-state index in [0.717, 1.165) is 22.4 Å². The predicted molar refractivity (Wildman–Crippen MR) is 99.6 cm³/mol. The molecule has 1 amide bonds. The molecule has 0 spiro atoms. The van der Waals surface area contributed by atoms with Crippen LogP contribution in [0.5, 0.6) is 5.75 Å². The van der Waals surface area contributed by atoms with Crippen molar-refractivity contribution in [3.8, 4) is 5.75 Å². The van der Waals surface area contributed by atoms with Gasteiger partial charge in [0.05, 0.1) is 19.6 Å². The van der Waals surface area contributed by atoms with Crippen molar-refractivity contribution in [2.45, 2.75) is 26.5 Å². The molecule has 3 aromatic rings. The number of likely N-dealkylation sites (tertiary alicyclic amines) is 1. The smallest absolute Gasteiger partial charge is 0.254 e. The minimum atomic E-state index is 0.0327. The van der Waals surface area contributed by atoms with Gasteiger partial charge in [0.15, 0.2) is 0 Å². The maximum absolute atomic E-state index is 12.6. The number of ether oxygens (including phenoxy) is 1. The molecular weight excluding hydrogens is 342 g/mol. The molecule has 0 aliphatic carbocycles. The highest BCUT2D eigenvalue weighted by Gasteiger charge is 2.33. The number of amides is 1. The normalized spacial score (nSPS) is 14.1. The highest BCUT2D eigenvalue weighted by Crippen LogP contribution is 2.26. The fraction of sp³-hybridized carbons (Fsp3) is 0.300. The Hall–Kier alpha value is -3.22. The average Bonchev–Trinajstić information content (AvgIpc) is 3.13. The van der Waals surface area contributed by atoms with E-state index in [1.165, 1.54) is 0 Å². The van der Waals surface area contributed by atoms with Crippen LogP contribution < -0.4 is 4.74 Å². The summed E-state index contributed by atoms with van der Waals surface area (Å²) in [5, 5.41) is 11.1. The molecule has 0 saturated carbocycles. The monoisotopic (exact) mass is 363 g/mol. The lowest BCUT2D eigenvalue weighted by atomic mass is 10.1. The zero-order valence-electron chi connectivity index (χ0n) is 15.4. The molecule has 7 heteroatoms. The average molecular weight is 363 g/mol. The number of benzene rings is 2. The van der Waals surface area contributed by atoms with Crippen LogP contribution in [0.1, 0.15) is 27.0 Å². The summed E-state index contributed by atoms with van der Waals surface area (Å²) in [4.78, 5) is 14.4. The van der Waals surface area contributed by atoms with Gasteiger partial charge in [0.1, 0.15) is 18.2 Å². The quantitative estimate of drug-likeness (QED) is 0.695. The summed E-state index contributed by atoms with van der Waals surface area (Å²) >= 11 is 0. The van der Waals surface area contributed by atoms with E-state index in [0.29, 0.717) is 25.2 Å². The third-order valence-electron chi connectivity index (χ3n) is 4.77. The standard InChI is InChI=1S/C20H21N5O2/c1-14-4-3-5-15(2)19(14)27-18-11-24(12-18)20(26)17-8-6-16(7-9-17)10-25-13-21-22-23-25/h3-9,13,18H,10-12H2,1-2H3. The number of hydrogen-bond acceptors (Lipinski definition) is 5. The molecule has 1 aliphatic heterocycles. The maximum atomic E-state index is 12.6. The van der Waals surface area contributed by atoms with E-state index in [9.17, 15) is 4.79 Å². The lowest BCUT2D eigenvalue weighted by Gasteiger charge is -2.39. The van der Waals surface area contributed by atoms with Crippen molar-refractivity contribution in [3.63, 3.8) is 0 Å². The highest BCUT2D eigenvalue weighted by molar-refractivity contribution is 5.94.